The highest BCUT2D eigenvalue weighted by Gasteiger charge is 2.33. The number of rotatable bonds is 2. The van der Waals surface area contributed by atoms with Crippen LogP contribution in [0.4, 0.5) is 5.82 Å². The normalized spacial score (nSPS) is 18.0. The minimum absolute atomic E-state index is 0.00719. The van der Waals surface area contributed by atoms with E-state index in [9.17, 15) is 10.1 Å². The summed E-state index contributed by atoms with van der Waals surface area (Å²) in [5.74, 6) is 0.527. The largest absolute Gasteiger partial charge is 0.294 e. The van der Waals surface area contributed by atoms with Gasteiger partial charge in [-0.1, -0.05) is 31.9 Å². The van der Waals surface area contributed by atoms with Gasteiger partial charge in [0.15, 0.2) is 5.82 Å². The predicted molar refractivity (Wildman–Crippen MR) is 85.7 cm³/mol. The molecular formula is C14H10Br2N4O. The number of benzene rings is 1. The van der Waals surface area contributed by atoms with Gasteiger partial charge in [0.25, 0.3) is 0 Å². The van der Waals surface area contributed by atoms with Crippen LogP contribution in [0, 0.1) is 11.3 Å². The van der Waals surface area contributed by atoms with Crippen molar-refractivity contribution in [1.82, 2.24) is 9.78 Å². The van der Waals surface area contributed by atoms with Crippen LogP contribution < -0.4 is 4.90 Å². The van der Waals surface area contributed by atoms with Gasteiger partial charge in [0.2, 0.25) is 5.91 Å². The van der Waals surface area contributed by atoms with Gasteiger partial charge in [-0.3, -0.25) is 9.69 Å². The van der Waals surface area contributed by atoms with Gasteiger partial charge in [-0.15, -0.1) is 0 Å². The number of alkyl halides is 1. The van der Waals surface area contributed by atoms with Crippen molar-refractivity contribution in [2.75, 3.05) is 11.4 Å². The zero-order valence-corrected chi connectivity index (χ0v) is 14.0. The standard InChI is InChI=1S/C14H10Br2N4O/c15-10-1-3-12(4-2-10)20-14(9(6-17)7-18-20)19-8-11(16)5-13(19)21/h1-4,7,11H,5,8H2. The number of hydrogen-bond donors (Lipinski definition) is 0. The summed E-state index contributed by atoms with van der Waals surface area (Å²) >= 11 is 6.85. The second kappa shape index (κ2) is 5.62. The number of hydrogen-bond acceptors (Lipinski definition) is 3. The van der Waals surface area contributed by atoms with E-state index in [1.54, 1.807) is 9.58 Å². The van der Waals surface area contributed by atoms with E-state index in [-0.39, 0.29) is 10.7 Å². The number of amides is 1. The molecule has 0 spiro atoms. The molecule has 2 heterocycles. The zero-order chi connectivity index (χ0) is 15.0. The van der Waals surface area contributed by atoms with Crippen molar-refractivity contribution in [2.24, 2.45) is 0 Å². The third kappa shape index (κ3) is 2.61. The van der Waals surface area contributed by atoms with E-state index < -0.39 is 0 Å². The van der Waals surface area contributed by atoms with E-state index in [0.717, 1.165) is 10.2 Å². The van der Waals surface area contributed by atoms with Crippen molar-refractivity contribution >= 4 is 43.6 Å². The molecular weight excluding hydrogens is 400 g/mol. The van der Waals surface area contributed by atoms with Crippen molar-refractivity contribution in [3.8, 4) is 11.8 Å². The van der Waals surface area contributed by atoms with Crippen molar-refractivity contribution < 1.29 is 4.79 Å². The first-order chi connectivity index (χ1) is 10.1. The molecule has 1 saturated heterocycles. The summed E-state index contributed by atoms with van der Waals surface area (Å²) in [6, 6.07) is 9.66. The quantitative estimate of drug-likeness (QED) is 0.716. The Balaban J connectivity index is 2.11. The average molecular weight is 410 g/mol. The van der Waals surface area contributed by atoms with E-state index in [1.807, 2.05) is 24.3 Å². The summed E-state index contributed by atoms with van der Waals surface area (Å²) < 4.78 is 2.59. The zero-order valence-electron chi connectivity index (χ0n) is 10.8. The molecule has 1 aliphatic rings. The van der Waals surface area contributed by atoms with E-state index >= 15 is 0 Å². The van der Waals surface area contributed by atoms with Crippen LogP contribution in [0.1, 0.15) is 12.0 Å². The molecule has 106 valence electrons. The molecule has 0 saturated carbocycles. The number of nitriles is 1. The monoisotopic (exact) mass is 408 g/mol. The van der Waals surface area contributed by atoms with Gasteiger partial charge in [0.05, 0.1) is 11.9 Å². The van der Waals surface area contributed by atoms with Crippen LogP contribution in [-0.2, 0) is 4.79 Å². The fraction of sp³-hybridized carbons (Fsp3) is 0.214. The van der Waals surface area contributed by atoms with Gasteiger partial charge in [-0.2, -0.15) is 10.4 Å². The Kier molecular flexibility index (Phi) is 3.83. The molecule has 3 rings (SSSR count). The van der Waals surface area contributed by atoms with Crippen molar-refractivity contribution in [3.63, 3.8) is 0 Å². The van der Waals surface area contributed by atoms with E-state index in [0.29, 0.717) is 24.3 Å². The number of aromatic nitrogens is 2. The summed E-state index contributed by atoms with van der Waals surface area (Å²) in [6.45, 7) is 0.537. The van der Waals surface area contributed by atoms with Crippen molar-refractivity contribution in [1.29, 1.82) is 5.26 Å². The number of halogens is 2. The molecule has 1 aromatic carbocycles. The van der Waals surface area contributed by atoms with E-state index in [4.69, 9.17) is 0 Å². The number of anilines is 1. The number of carbonyl (C=O) groups excluding carboxylic acids is 1. The third-order valence-corrected chi connectivity index (χ3v) is 4.41. The minimum Gasteiger partial charge on any atom is -0.294 e. The highest BCUT2D eigenvalue weighted by Crippen LogP contribution is 2.30. The molecule has 1 fully saturated rings. The minimum atomic E-state index is -0.00719. The van der Waals surface area contributed by atoms with Gasteiger partial charge >= 0.3 is 0 Å². The Bertz CT molecular complexity index is 732. The lowest BCUT2D eigenvalue weighted by Gasteiger charge is -2.18. The lowest BCUT2D eigenvalue weighted by Crippen LogP contribution is -2.27. The Labute approximate surface area is 138 Å². The molecule has 7 heteroatoms. The molecule has 5 nitrogen and oxygen atoms in total. The van der Waals surface area contributed by atoms with Gasteiger partial charge < -0.3 is 0 Å². The highest BCUT2D eigenvalue weighted by atomic mass is 79.9. The predicted octanol–water partition coefficient (Wildman–Crippen LogP) is 3.01. The maximum atomic E-state index is 12.1. The lowest BCUT2D eigenvalue weighted by atomic mass is 10.3. The second-order valence-electron chi connectivity index (χ2n) is 4.69. The molecule has 2 aromatic rings. The van der Waals surface area contributed by atoms with Gasteiger partial charge in [0.1, 0.15) is 11.6 Å². The molecule has 1 amide bonds. The molecule has 21 heavy (non-hydrogen) atoms. The average Bonchev–Trinajstić information content (AvgIpc) is 3.02. The Morgan fingerprint density at radius 2 is 2.05 bits per heavy atom. The Hall–Kier alpha value is -1.65. The Morgan fingerprint density at radius 3 is 2.62 bits per heavy atom. The summed E-state index contributed by atoms with van der Waals surface area (Å²) in [6.07, 6.45) is 1.92. The maximum Gasteiger partial charge on any atom is 0.229 e. The van der Waals surface area contributed by atoms with Crippen LogP contribution in [0.15, 0.2) is 34.9 Å². The van der Waals surface area contributed by atoms with Gasteiger partial charge in [-0.05, 0) is 24.3 Å². The molecule has 0 radical (unpaired) electrons. The summed E-state index contributed by atoms with van der Waals surface area (Å²) in [4.78, 5) is 13.8. The first-order valence-corrected chi connectivity index (χ1v) is 7.99. The van der Waals surface area contributed by atoms with Crippen LogP contribution in [0.25, 0.3) is 5.69 Å². The van der Waals surface area contributed by atoms with Gasteiger partial charge in [0, 0.05) is 22.3 Å². The van der Waals surface area contributed by atoms with E-state index in [2.05, 4.69) is 43.0 Å². The Morgan fingerprint density at radius 1 is 1.33 bits per heavy atom. The molecule has 0 aliphatic carbocycles. The van der Waals surface area contributed by atoms with Crippen molar-refractivity contribution in [3.05, 3.63) is 40.5 Å². The summed E-state index contributed by atoms with van der Waals surface area (Å²) in [7, 11) is 0. The molecule has 1 atom stereocenters. The molecule has 1 unspecified atom stereocenters. The second-order valence-corrected chi connectivity index (χ2v) is 6.90. The van der Waals surface area contributed by atoms with Crippen LogP contribution in [0.2, 0.25) is 0 Å². The number of nitrogens with zero attached hydrogens (tertiary/aromatic N) is 4. The maximum absolute atomic E-state index is 12.1. The highest BCUT2D eigenvalue weighted by molar-refractivity contribution is 9.10. The molecule has 0 bridgehead atoms. The molecule has 1 aromatic heterocycles. The smallest absolute Gasteiger partial charge is 0.229 e. The van der Waals surface area contributed by atoms with Crippen molar-refractivity contribution in [2.45, 2.75) is 11.2 Å². The van der Waals surface area contributed by atoms with E-state index in [1.165, 1.54) is 6.20 Å². The SMILES string of the molecule is N#Cc1cnn(-c2ccc(Br)cc2)c1N1CC(Br)CC1=O. The molecule has 1 aliphatic heterocycles. The fourth-order valence-electron chi connectivity index (χ4n) is 2.32. The topological polar surface area (TPSA) is 61.9 Å². The first kappa shape index (κ1) is 14.3. The summed E-state index contributed by atoms with van der Waals surface area (Å²) in [5, 5.41) is 13.5. The lowest BCUT2D eigenvalue weighted by molar-refractivity contribution is -0.117. The third-order valence-electron chi connectivity index (χ3n) is 3.27. The van der Waals surface area contributed by atoms with Gasteiger partial charge in [-0.25, -0.2) is 4.68 Å². The summed E-state index contributed by atoms with van der Waals surface area (Å²) in [5.41, 5.74) is 1.20. The van der Waals surface area contributed by atoms with Crippen LogP contribution in [-0.4, -0.2) is 27.1 Å². The van der Waals surface area contributed by atoms with Crippen LogP contribution in [0.3, 0.4) is 0 Å². The fourth-order valence-corrected chi connectivity index (χ4v) is 3.15. The van der Waals surface area contributed by atoms with Crippen LogP contribution >= 0.6 is 31.9 Å². The van der Waals surface area contributed by atoms with Crippen LogP contribution in [0.5, 0.6) is 0 Å². The number of carbonyl (C=O) groups is 1. The first-order valence-electron chi connectivity index (χ1n) is 6.28. The molecule has 0 N–H and O–H groups in total.